The number of nitrogens with zero attached hydrogens (tertiary/aromatic N) is 2. The fraction of sp³-hybridized carbons (Fsp3) is 0.0833. The molecule has 1 amide bonds. The highest BCUT2D eigenvalue weighted by molar-refractivity contribution is 5.93. The molecule has 5 nitrogen and oxygen atoms in total. The molecule has 2 aromatic heterocycles. The molecule has 5 heteroatoms. The monoisotopic (exact) mass is 229 g/mol. The first-order valence-corrected chi connectivity index (χ1v) is 5.05. The largest absolute Gasteiger partial charge is 0.493 e. The molecular weight excluding hydrogens is 218 g/mol. The molecule has 86 valence electrons. The van der Waals surface area contributed by atoms with Crippen molar-refractivity contribution in [2.45, 2.75) is 6.42 Å². The number of amides is 1. The van der Waals surface area contributed by atoms with E-state index in [-0.39, 0.29) is 5.88 Å². The van der Waals surface area contributed by atoms with Crippen LogP contribution in [0.25, 0.3) is 0 Å². The first-order valence-electron chi connectivity index (χ1n) is 5.05. The molecule has 0 aromatic carbocycles. The van der Waals surface area contributed by atoms with E-state index >= 15 is 0 Å². The Morgan fingerprint density at radius 2 is 1.94 bits per heavy atom. The molecule has 0 radical (unpaired) electrons. The number of primary amides is 1. The van der Waals surface area contributed by atoms with Crippen LogP contribution in [0.15, 0.2) is 36.7 Å². The Bertz CT molecular complexity index is 555. The highest BCUT2D eigenvalue weighted by atomic mass is 16.3. The van der Waals surface area contributed by atoms with Gasteiger partial charge in [0.1, 0.15) is 0 Å². The molecule has 2 heterocycles. The van der Waals surface area contributed by atoms with E-state index < -0.39 is 5.91 Å². The van der Waals surface area contributed by atoms with E-state index in [2.05, 4.69) is 9.97 Å². The van der Waals surface area contributed by atoms with Crippen LogP contribution in [0.4, 0.5) is 0 Å². The van der Waals surface area contributed by atoms with Gasteiger partial charge in [0, 0.05) is 24.4 Å². The Kier molecular flexibility index (Phi) is 3.00. The topological polar surface area (TPSA) is 89.1 Å². The number of hydrogen-bond donors (Lipinski definition) is 2. The lowest BCUT2D eigenvalue weighted by molar-refractivity contribution is 0.0999. The van der Waals surface area contributed by atoms with Crippen molar-refractivity contribution in [1.82, 2.24) is 9.97 Å². The molecule has 0 fully saturated rings. The van der Waals surface area contributed by atoms with Gasteiger partial charge in [0.15, 0.2) is 0 Å². The van der Waals surface area contributed by atoms with Crippen LogP contribution in [0.1, 0.15) is 21.6 Å². The third-order valence-corrected chi connectivity index (χ3v) is 2.38. The molecule has 2 rings (SSSR count). The zero-order valence-corrected chi connectivity index (χ0v) is 9.00. The summed E-state index contributed by atoms with van der Waals surface area (Å²) in [7, 11) is 0. The van der Waals surface area contributed by atoms with E-state index in [1.807, 2.05) is 0 Å². The molecule has 0 unspecified atom stereocenters. The summed E-state index contributed by atoms with van der Waals surface area (Å²) in [5.41, 5.74) is 6.74. The molecule has 0 aliphatic rings. The molecule has 0 aliphatic heterocycles. The van der Waals surface area contributed by atoms with Gasteiger partial charge in [-0.15, -0.1) is 0 Å². The minimum absolute atomic E-state index is 0.0615. The van der Waals surface area contributed by atoms with Gasteiger partial charge in [-0.2, -0.15) is 0 Å². The van der Waals surface area contributed by atoms with Crippen molar-refractivity contribution < 1.29 is 9.90 Å². The zero-order chi connectivity index (χ0) is 12.3. The van der Waals surface area contributed by atoms with Gasteiger partial charge in [-0.25, -0.2) is 4.98 Å². The third kappa shape index (κ3) is 2.39. The van der Waals surface area contributed by atoms with Crippen LogP contribution in [0.5, 0.6) is 5.88 Å². The maximum atomic E-state index is 11.2. The maximum absolute atomic E-state index is 11.2. The summed E-state index contributed by atoms with van der Waals surface area (Å²) < 4.78 is 0. The predicted molar refractivity (Wildman–Crippen MR) is 61.5 cm³/mol. The SMILES string of the molecule is NC(=O)c1cccnc1Cc1cccnc1O. The molecule has 3 N–H and O–H groups in total. The molecule has 0 spiro atoms. The number of aromatic hydroxyl groups is 1. The van der Waals surface area contributed by atoms with Gasteiger partial charge in [0.2, 0.25) is 5.88 Å². The average molecular weight is 229 g/mol. The molecule has 0 saturated heterocycles. The van der Waals surface area contributed by atoms with Crippen molar-refractivity contribution in [2.75, 3.05) is 0 Å². The molecule has 0 atom stereocenters. The fourth-order valence-corrected chi connectivity index (χ4v) is 1.55. The van der Waals surface area contributed by atoms with E-state index in [0.717, 1.165) is 0 Å². The van der Waals surface area contributed by atoms with Gasteiger partial charge < -0.3 is 10.8 Å². The second-order valence-electron chi connectivity index (χ2n) is 3.52. The Morgan fingerprint density at radius 1 is 1.24 bits per heavy atom. The van der Waals surface area contributed by atoms with Gasteiger partial charge in [0.05, 0.1) is 11.3 Å². The van der Waals surface area contributed by atoms with Crippen molar-refractivity contribution in [3.63, 3.8) is 0 Å². The number of rotatable bonds is 3. The van der Waals surface area contributed by atoms with Crippen LogP contribution in [0.3, 0.4) is 0 Å². The quantitative estimate of drug-likeness (QED) is 0.817. The summed E-state index contributed by atoms with van der Waals surface area (Å²) >= 11 is 0. The van der Waals surface area contributed by atoms with Gasteiger partial charge in [-0.3, -0.25) is 9.78 Å². The Morgan fingerprint density at radius 3 is 2.65 bits per heavy atom. The smallest absolute Gasteiger partial charge is 0.250 e. The maximum Gasteiger partial charge on any atom is 0.250 e. The van der Waals surface area contributed by atoms with E-state index in [1.54, 1.807) is 30.5 Å². The van der Waals surface area contributed by atoms with E-state index in [0.29, 0.717) is 23.2 Å². The Hall–Kier alpha value is -2.43. The van der Waals surface area contributed by atoms with Crippen molar-refractivity contribution in [1.29, 1.82) is 0 Å². The second-order valence-corrected chi connectivity index (χ2v) is 3.52. The molecular formula is C12H11N3O2. The first kappa shape index (κ1) is 11.1. The van der Waals surface area contributed by atoms with Crippen molar-refractivity contribution in [3.8, 4) is 5.88 Å². The van der Waals surface area contributed by atoms with E-state index in [4.69, 9.17) is 5.73 Å². The lowest BCUT2D eigenvalue weighted by Gasteiger charge is -2.06. The second kappa shape index (κ2) is 4.61. The van der Waals surface area contributed by atoms with Gasteiger partial charge in [-0.1, -0.05) is 6.07 Å². The minimum Gasteiger partial charge on any atom is -0.493 e. The summed E-state index contributed by atoms with van der Waals surface area (Å²) in [6.07, 6.45) is 3.39. The number of hydrogen-bond acceptors (Lipinski definition) is 4. The van der Waals surface area contributed by atoms with Crippen LogP contribution < -0.4 is 5.73 Å². The summed E-state index contributed by atoms with van der Waals surface area (Å²) in [4.78, 5) is 19.1. The van der Waals surface area contributed by atoms with Crippen LogP contribution in [-0.4, -0.2) is 21.0 Å². The number of carbonyl (C=O) groups is 1. The first-order chi connectivity index (χ1) is 8.18. The number of aromatic nitrogens is 2. The summed E-state index contributed by atoms with van der Waals surface area (Å²) in [5, 5.41) is 9.55. The van der Waals surface area contributed by atoms with Gasteiger partial charge in [0.25, 0.3) is 5.91 Å². The molecule has 17 heavy (non-hydrogen) atoms. The van der Waals surface area contributed by atoms with Crippen LogP contribution in [0, 0.1) is 0 Å². The van der Waals surface area contributed by atoms with Gasteiger partial charge >= 0.3 is 0 Å². The highest BCUT2D eigenvalue weighted by Crippen LogP contribution is 2.17. The summed E-state index contributed by atoms with van der Waals surface area (Å²) in [6, 6.07) is 6.69. The molecule has 0 aliphatic carbocycles. The third-order valence-electron chi connectivity index (χ3n) is 2.38. The normalized spacial score (nSPS) is 10.1. The average Bonchev–Trinajstić information content (AvgIpc) is 2.32. The molecule has 0 bridgehead atoms. The number of carbonyl (C=O) groups excluding carboxylic acids is 1. The lowest BCUT2D eigenvalue weighted by Crippen LogP contribution is -2.14. The number of pyridine rings is 2. The lowest BCUT2D eigenvalue weighted by atomic mass is 10.1. The van der Waals surface area contributed by atoms with Crippen molar-refractivity contribution >= 4 is 5.91 Å². The Labute approximate surface area is 98.0 Å². The zero-order valence-electron chi connectivity index (χ0n) is 9.00. The predicted octanol–water partition coefficient (Wildman–Crippen LogP) is 0.872. The van der Waals surface area contributed by atoms with Crippen molar-refractivity contribution in [2.24, 2.45) is 5.73 Å². The van der Waals surface area contributed by atoms with Crippen LogP contribution >= 0.6 is 0 Å². The fourth-order valence-electron chi connectivity index (χ4n) is 1.55. The van der Waals surface area contributed by atoms with Crippen LogP contribution in [-0.2, 0) is 6.42 Å². The van der Waals surface area contributed by atoms with E-state index in [1.165, 1.54) is 6.20 Å². The van der Waals surface area contributed by atoms with Crippen LogP contribution in [0.2, 0.25) is 0 Å². The standard InChI is InChI=1S/C12H11N3O2/c13-11(16)9-4-2-5-14-10(9)7-8-3-1-6-15-12(8)17/h1-6H,7H2,(H2,13,16)(H,15,17). The highest BCUT2D eigenvalue weighted by Gasteiger charge is 2.11. The minimum atomic E-state index is -0.531. The van der Waals surface area contributed by atoms with E-state index in [9.17, 15) is 9.90 Å². The summed E-state index contributed by atoms with van der Waals surface area (Å²) in [5.74, 6) is -0.593. The van der Waals surface area contributed by atoms with Gasteiger partial charge in [-0.05, 0) is 18.2 Å². The Balaban J connectivity index is 2.37. The molecule has 0 saturated carbocycles. The van der Waals surface area contributed by atoms with Crippen molar-refractivity contribution in [3.05, 3.63) is 53.5 Å². The summed E-state index contributed by atoms with van der Waals surface area (Å²) in [6.45, 7) is 0. The number of nitrogens with two attached hydrogens (primary N) is 1. The molecule has 2 aromatic rings.